The smallest absolute Gasteiger partial charge is 0.410 e. The molecular formula is C16H17N4O3+. The van der Waals surface area contributed by atoms with Gasteiger partial charge < -0.3 is 20.9 Å². The van der Waals surface area contributed by atoms with Crippen molar-refractivity contribution in [3.05, 3.63) is 48.0 Å². The molecule has 3 rings (SSSR count). The van der Waals surface area contributed by atoms with E-state index in [9.17, 15) is 4.79 Å². The maximum Gasteiger partial charge on any atom is 0.410 e. The average Bonchev–Trinajstić information content (AvgIpc) is 2.97. The number of fused-ring (bicyclic) bond motifs is 3. The van der Waals surface area contributed by atoms with E-state index in [1.54, 1.807) is 12.2 Å². The standard InChI is InChI=1S/C16H16N4O3/c1-2-22-14(17)13(23-16(18)21)15-19-11-8-7-9-5-3-4-6-10(9)12(11)20-15/h3-8H,2,17H2,1H3,(H2,18,21)(H,19,20)/p+1. The zero-order valence-corrected chi connectivity index (χ0v) is 12.6. The van der Waals surface area contributed by atoms with Crippen molar-refractivity contribution in [1.82, 2.24) is 0 Å². The van der Waals surface area contributed by atoms with E-state index in [4.69, 9.17) is 20.9 Å². The number of hydrogen-bond donors (Lipinski definition) is 3. The summed E-state index contributed by atoms with van der Waals surface area (Å²) in [7, 11) is 0. The lowest BCUT2D eigenvalue weighted by Crippen LogP contribution is -2.81. The Morgan fingerprint density at radius 3 is 2.74 bits per heavy atom. The van der Waals surface area contributed by atoms with Gasteiger partial charge in [-0.2, -0.15) is 4.99 Å². The van der Waals surface area contributed by atoms with Gasteiger partial charge >= 0.3 is 6.09 Å². The van der Waals surface area contributed by atoms with Gasteiger partial charge in [-0.25, -0.2) is 4.79 Å². The first kappa shape index (κ1) is 14.9. The molecule has 2 aromatic carbocycles. The molecule has 0 aliphatic carbocycles. The Hall–Kier alpha value is -3.06. The first-order valence-corrected chi connectivity index (χ1v) is 7.15. The third-order valence-corrected chi connectivity index (χ3v) is 3.42. The lowest BCUT2D eigenvalue weighted by atomic mass is 10.1. The number of aliphatic imine (C=N–C) groups is 1. The summed E-state index contributed by atoms with van der Waals surface area (Å²) in [5.41, 5.74) is 12.7. The Bertz CT molecular complexity index is 842. The molecule has 0 atom stereocenters. The van der Waals surface area contributed by atoms with Crippen molar-refractivity contribution in [2.75, 3.05) is 6.61 Å². The zero-order chi connectivity index (χ0) is 16.4. The van der Waals surface area contributed by atoms with Crippen molar-refractivity contribution in [2.24, 2.45) is 16.5 Å². The average molecular weight is 313 g/mol. The molecule has 0 spiro atoms. The maximum absolute atomic E-state index is 11.1. The van der Waals surface area contributed by atoms with Gasteiger partial charge in [0.2, 0.25) is 5.88 Å². The summed E-state index contributed by atoms with van der Waals surface area (Å²) in [5.74, 6) is 0.402. The zero-order valence-electron chi connectivity index (χ0n) is 12.6. The minimum absolute atomic E-state index is 0.0274. The van der Waals surface area contributed by atoms with Crippen LogP contribution in [0.1, 0.15) is 6.92 Å². The predicted molar refractivity (Wildman–Crippen MR) is 86.1 cm³/mol. The van der Waals surface area contributed by atoms with E-state index in [1.165, 1.54) is 0 Å². The molecule has 0 bridgehead atoms. The van der Waals surface area contributed by atoms with Crippen LogP contribution in [0.3, 0.4) is 0 Å². The summed E-state index contributed by atoms with van der Waals surface area (Å²) in [4.78, 5) is 15.7. The summed E-state index contributed by atoms with van der Waals surface area (Å²) in [6.45, 7) is 2.11. The lowest BCUT2D eigenvalue weighted by Gasteiger charge is -2.08. The fourth-order valence-electron chi connectivity index (χ4n) is 2.48. The Morgan fingerprint density at radius 2 is 2.00 bits per heavy atom. The van der Waals surface area contributed by atoms with Gasteiger partial charge in [0.1, 0.15) is 5.69 Å². The number of nitrogens with two attached hydrogens (primary N) is 3. The highest BCUT2D eigenvalue weighted by atomic mass is 16.6. The van der Waals surface area contributed by atoms with Crippen LogP contribution in [0.5, 0.6) is 0 Å². The molecule has 1 aliphatic rings. The second kappa shape index (κ2) is 5.98. The number of benzene rings is 2. The SMILES string of the molecule is CCOC(N)=C(OC(N)=O)C1=Nc2c(ccc3ccccc23)[NH2+]1. The summed E-state index contributed by atoms with van der Waals surface area (Å²) in [5, 5.41) is 3.86. The van der Waals surface area contributed by atoms with Crippen molar-refractivity contribution in [1.29, 1.82) is 0 Å². The van der Waals surface area contributed by atoms with Gasteiger partial charge in [-0.15, -0.1) is 0 Å². The number of carbonyl (C=O) groups excluding carboxylic acids is 1. The number of quaternary nitrogens is 1. The summed E-state index contributed by atoms with van der Waals surface area (Å²) < 4.78 is 10.2. The minimum Gasteiger partial charge on any atom is -0.477 e. The highest BCUT2D eigenvalue weighted by Gasteiger charge is 2.29. The molecule has 7 heteroatoms. The summed E-state index contributed by atoms with van der Waals surface area (Å²) >= 11 is 0. The van der Waals surface area contributed by atoms with Crippen LogP contribution < -0.4 is 16.8 Å². The summed E-state index contributed by atoms with van der Waals surface area (Å²) in [6.07, 6.45) is -0.973. The van der Waals surface area contributed by atoms with E-state index in [0.29, 0.717) is 12.4 Å². The monoisotopic (exact) mass is 313 g/mol. The molecule has 0 saturated carbocycles. The van der Waals surface area contributed by atoms with Gasteiger partial charge in [0.15, 0.2) is 5.69 Å². The largest absolute Gasteiger partial charge is 0.477 e. The molecule has 6 N–H and O–H groups in total. The molecule has 0 saturated heterocycles. The third-order valence-electron chi connectivity index (χ3n) is 3.42. The van der Waals surface area contributed by atoms with Crippen LogP contribution in [-0.4, -0.2) is 18.5 Å². The van der Waals surface area contributed by atoms with Crippen LogP contribution in [0.25, 0.3) is 10.8 Å². The molecule has 0 aromatic heterocycles. The Kier molecular flexibility index (Phi) is 3.86. The maximum atomic E-state index is 11.1. The van der Waals surface area contributed by atoms with Gasteiger partial charge in [-0.3, -0.25) is 5.32 Å². The molecule has 23 heavy (non-hydrogen) atoms. The molecule has 1 heterocycles. The number of amidine groups is 1. The molecular weight excluding hydrogens is 296 g/mol. The van der Waals surface area contributed by atoms with Crippen molar-refractivity contribution in [3.8, 4) is 0 Å². The van der Waals surface area contributed by atoms with Crippen LogP contribution in [0.4, 0.5) is 16.2 Å². The Labute approximate surface area is 132 Å². The minimum atomic E-state index is -0.973. The summed E-state index contributed by atoms with van der Waals surface area (Å²) in [6, 6.07) is 11.9. The van der Waals surface area contributed by atoms with Crippen molar-refractivity contribution in [3.63, 3.8) is 0 Å². The quantitative estimate of drug-likeness (QED) is 0.583. The van der Waals surface area contributed by atoms with E-state index < -0.39 is 6.09 Å². The molecule has 1 amide bonds. The third kappa shape index (κ3) is 2.82. The van der Waals surface area contributed by atoms with Crippen LogP contribution >= 0.6 is 0 Å². The molecule has 7 nitrogen and oxygen atoms in total. The Morgan fingerprint density at radius 1 is 1.22 bits per heavy atom. The number of nitrogens with zero attached hydrogens (tertiary/aromatic N) is 1. The number of carbonyl (C=O) groups is 1. The van der Waals surface area contributed by atoms with Gasteiger partial charge in [0.05, 0.1) is 6.61 Å². The first-order chi connectivity index (χ1) is 11.1. The van der Waals surface area contributed by atoms with E-state index in [2.05, 4.69) is 4.99 Å². The van der Waals surface area contributed by atoms with Crippen molar-refractivity contribution in [2.45, 2.75) is 6.92 Å². The molecule has 0 unspecified atom stereocenters. The second-order valence-corrected chi connectivity index (χ2v) is 4.91. The fourth-order valence-corrected chi connectivity index (χ4v) is 2.48. The second-order valence-electron chi connectivity index (χ2n) is 4.91. The number of amides is 1. The number of primary amides is 1. The molecule has 1 aliphatic heterocycles. The van der Waals surface area contributed by atoms with Crippen molar-refractivity contribution < 1.29 is 19.6 Å². The van der Waals surface area contributed by atoms with E-state index in [-0.39, 0.29) is 11.6 Å². The molecule has 2 aromatic rings. The van der Waals surface area contributed by atoms with Crippen molar-refractivity contribution >= 4 is 34.1 Å². The van der Waals surface area contributed by atoms with Gasteiger partial charge in [0, 0.05) is 11.5 Å². The normalized spacial score (nSPS) is 14.0. The van der Waals surface area contributed by atoms with E-state index in [0.717, 1.165) is 22.1 Å². The van der Waals surface area contributed by atoms with Gasteiger partial charge in [-0.1, -0.05) is 24.3 Å². The van der Waals surface area contributed by atoms with Gasteiger partial charge in [0.25, 0.3) is 11.6 Å². The highest BCUT2D eigenvalue weighted by Crippen LogP contribution is 2.34. The lowest BCUT2D eigenvalue weighted by molar-refractivity contribution is -0.439. The highest BCUT2D eigenvalue weighted by molar-refractivity contribution is 6.05. The predicted octanol–water partition coefficient (Wildman–Crippen LogP) is 1.34. The number of hydrogen-bond acceptors (Lipinski definition) is 5. The molecule has 0 fully saturated rings. The van der Waals surface area contributed by atoms with Crippen LogP contribution in [0, 0.1) is 0 Å². The molecule has 0 radical (unpaired) electrons. The van der Waals surface area contributed by atoms with Gasteiger partial charge in [-0.05, 0) is 18.4 Å². The van der Waals surface area contributed by atoms with Crippen LogP contribution in [0.2, 0.25) is 0 Å². The topological polar surface area (TPSA) is 117 Å². The fraction of sp³-hybridized carbons (Fsp3) is 0.125. The van der Waals surface area contributed by atoms with Crippen LogP contribution in [-0.2, 0) is 9.47 Å². The first-order valence-electron chi connectivity index (χ1n) is 7.15. The van der Waals surface area contributed by atoms with Crippen LogP contribution in [0.15, 0.2) is 53.0 Å². The number of rotatable bonds is 4. The van der Waals surface area contributed by atoms with E-state index in [1.807, 2.05) is 36.4 Å². The Balaban J connectivity index is 2.07. The molecule has 118 valence electrons. The van der Waals surface area contributed by atoms with E-state index >= 15 is 0 Å². The number of ether oxygens (including phenoxy) is 2.